The second-order valence-electron chi connectivity index (χ2n) is 4.46. The predicted octanol–water partition coefficient (Wildman–Crippen LogP) is 1.42. The fraction of sp³-hybridized carbons (Fsp3) is 0.143. The molecule has 0 bridgehead atoms. The molecule has 7 heteroatoms. The van der Waals surface area contributed by atoms with E-state index in [2.05, 4.69) is 4.72 Å². The van der Waals surface area contributed by atoms with Gasteiger partial charge in [-0.3, -0.25) is 0 Å². The van der Waals surface area contributed by atoms with Crippen LogP contribution in [0.1, 0.15) is 11.6 Å². The maximum Gasteiger partial charge on any atom is 0.244 e. The first-order chi connectivity index (χ1) is 9.94. The fourth-order valence-corrected chi connectivity index (χ4v) is 3.20. The molecule has 0 aliphatic rings. The van der Waals surface area contributed by atoms with Crippen LogP contribution in [0, 0.1) is 5.82 Å². The third-order valence-corrected chi connectivity index (χ3v) is 4.41. The molecule has 0 amide bonds. The molecule has 0 unspecified atom stereocenters. The van der Waals surface area contributed by atoms with Gasteiger partial charge in [0.05, 0.1) is 12.6 Å². The summed E-state index contributed by atoms with van der Waals surface area (Å²) in [5.74, 6) is -0.901. The van der Waals surface area contributed by atoms with E-state index in [9.17, 15) is 17.9 Å². The molecule has 0 aliphatic carbocycles. The first-order valence-corrected chi connectivity index (χ1v) is 7.65. The standard InChI is InChI=1S/C14H15FN2O3S/c15-12-7-6-11(16)8-14(12)21(19,20)17-13(9-18)10-4-2-1-3-5-10/h1-8,13,17-18H,9,16H2/t13-/m0/s1. The molecule has 0 aromatic heterocycles. The molecule has 2 aromatic rings. The summed E-state index contributed by atoms with van der Waals surface area (Å²) in [7, 11) is -4.14. The summed E-state index contributed by atoms with van der Waals surface area (Å²) in [6.45, 7) is -0.451. The van der Waals surface area contributed by atoms with Crippen molar-refractivity contribution < 1.29 is 17.9 Å². The molecular weight excluding hydrogens is 295 g/mol. The molecular formula is C14H15FN2O3S. The summed E-state index contributed by atoms with van der Waals surface area (Å²) in [6, 6.07) is 11.0. The summed E-state index contributed by atoms with van der Waals surface area (Å²) in [6.07, 6.45) is 0. The van der Waals surface area contributed by atoms with E-state index in [1.165, 1.54) is 6.07 Å². The zero-order valence-electron chi connectivity index (χ0n) is 11.0. The van der Waals surface area contributed by atoms with E-state index >= 15 is 0 Å². The van der Waals surface area contributed by atoms with E-state index in [-0.39, 0.29) is 5.69 Å². The summed E-state index contributed by atoms with van der Waals surface area (Å²) >= 11 is 0. The van der Waals surface area contributed by atoms with Crippen molar-refractivity contribution in [3.63, 3.8) is 0 Å². The molecule has 112 valence electrons. The van der Waals surface area contributed by atoms with Crippen LogP contribution in [0.4, 0.5) is 10.1 Å². The maximum atomic E-state index is 13.7. The number of nitrogens with one attached hydrogen (secondary N) is 1. The van der Waals surface area contributed by atoms with Crippen molar-refractivity contribution in [2.24, 2.45) is 0 Å². The largest absolute Gasteiger partial charge is 0.399 e. The first-order valence-electron chi connectivity index (χ1n) is 6.17. The van der Waals surface area contributed by atoms with E-state index in [4.69, 9.17) is 5.73 Å². The highest BCUT2D eigenvalue weighted by molar-refractivity contribution is 7.89. The Bertz CT molecular complexity index is 720. The molecule has 0 heterocycles. The lowest BCUT2D eigenvalue weighted by atomic mass is 10.1. The number of benzene rings is 2. The molecule has 0 spiro atoms. The van der Waals surface area contributed by atoms with Gasteiger partial charge in [-0.05, 0) is 23.8 Å². The van der Waals surface area contributed by atoms with Gasteiger partial charge in [-0.2, -0.15) is 0 Å². The van der Waals surface area contributed by atoms with E-state index in [1.54, 1.807) is 30.3 Å². The average Bonchev–Trinajstić information content (AvgIpc) is 2.48. The predicted molar refractivity (Wildman–Crippen MR) is 77.4 cm³/mol. The molecule has 2 rings (SSSR count). The second kappa shape index (κ2) is 6.21. The second-order valence-corrected chi connectivity index (χ2v) is 6.14. The Morgan fingerprint density at radius 1 is 1.19 bits per heavy atom. The van der Waals surface area contributed by atoms with Crippen LogP contribution in [0.5, 0.6) is 0 Å². The minimum atomic E-state index is -4.14. The fourth-order valence-electron chi connectivity index (χ4n) is 1.87. The molecule has 21 heavy (non-hydrogen) atoms. The number of hydrogen-bond acceptors (Lipinski definition) is 4. The topological polar surface area (TPSA) is 92.4 Å². The Balaban J connectivity index is 2.34. The van der Waals surface area contributed by atoms with E-state index in [1.807, 2.05) is 0 Å². The van der Waals surface area contributed by atoms with Gasteiger partial charge in [-0.1, -0.05) is 30.3 Å². The number of aliphatic hydroxyl groups is 1. The van der Waals surface area contributed by atoms with Gasteiger partial charge in [-0.25, -0.2) is 17.5 Å². The third-order valence-electron chi connectivity index (χ3n) is 2.93. The smallest absolute Gasteiger partial charge is 0.244 e. The van der Waals surface area contributed by atoms with Crippen LogP contribution in [-0.4, -0.2) is 20.1 Å². The molecule has 0 saturated heterocycles. The number of nitrogens with two attached hydrogens (primary N) is 1. The van der Waals surface area contributed by atoms with Crippen molar-refractivity contribution in [1.82, 2.24) is 4.72 Å². The van der Waals surface area contributed by atoms with Crippen LogP contribution < -0.4 is 10.5 Å². The number of anilines is 1. The van der Waals surface area contributed by atoms with Crippen LogP contribution in [-0.2, 0) is 10.0 Å². The molecule has 5 nitrogen and oxygen atoms in total. The number of halogens is 1. The quantitative estimate of drug-likeness (QED) is 0.728. The Kier molecular flexibility index (Phi) is 4.56. The van der Waals surface area contributed by atoms with Gasteiger partial charge in [0.25, 0.3) is 0 Å². The van der Waals surface area contributed by atoms with Gasteiger partial charge in [0.1, 0.15) is 10.7 Å². The Morgan fingerprint density at radius 2 is 1.86 bits per heavy atom. The summed E-state index contributed by atoms with van der Waals surface area (Å²) in [4.78, 5) is -0.545. The maximum absolute atomic E-state index is 13.7. The summed E-state index contributed by atoms with van der Waals surface area (Å²) < 4.78 is 40.4. The molecule has 0 aliphatic heterocycles. The normalized spacial score (nSPS) is 13.0. The minimum absolute atomic E-state index is 0.136. The Labute approximate surface area is 122 Å². The van der Waals surface area contributed by atoms with Crippen molar-refractivity contribution in [2.45, 2.75) is 10.9 Å². The summed E-state index contributed by atoms with van der Waals surface area (Å²) in [5.41, 5.74) is 6.20. The van der Waals surface area contributed by atoms with Crippen LogP contribution in [0.25, 0.3) is 0 Å². The number of rotatable bonds is 5. The molecule has 1 atom stereocenters. The van der Waals surface area contributed by atoms with Crippen molar-refractivity contribution in [3.8, 4) is 0 Å². The third kappa shape index (κ3) is 3.57. The number of hydrogen-bond donors (Lipinski definition) is 3. The van der Waals surface area contributed by atoms with Gasteiger partial charge < -0.3 is 10.8 Å². The van der Waals surface area contributed by atoms with Crippen molar-refractivity contribution >= 4 is 15.7 Å². The van der Waals surface area contributed by atoms with E-state index < -0.39 is 33.4 Å². The molecule has 4 N–H and O–H groups in total. The number of nitrogen functional groups attached to an aromatic ring is 1. The van der Waals surface area contributed by atoms with E-state index in [0.29, 0.717) is 5.56 Å². The number of aliphatic hydroxyl groups excluding tert-OH is 1. The van der Waals surface area contributed by atoms with Crippen LogP contribution in [0.15, 0.2) is 53.4 Å². The van der Waals surface area contributed by atoms with E-state index in [0.717, 1.165) is 12.1 Å². The van der Waals surface area contributed by atoms with Gasteiger partial charge >= 0.3 is 0 Å². The Morgan fingerprint density at radius 3 is 2.48 bits per heavy atom. The zero-order valence-corrected chi connectivity index (χ0v) is 11.8. The average molecular weight is 310 g/mol. The lowest BCUT2D eigenvalue weighted by Gasteiger charge is -2.17. The van der Waals surface area contributed by atoms with Gasteiger partial charge in [0.2, 0.25) is 10.0 Å². The zero-order chi connectivity index (χ0) is 15.5. The van der Waals surface area contributed by atoms with Crippen molar-refractivity contribution in [3.05, 3.63) is 59.9 Å². The Hall–Kier alpha value is -1.96. The lowest BCUT2D eigenvalue weighted by Crippen LogP contribution is -2.31. The minimum Gasteiger partial charge on any atom is -0.399 e. The van der Waals surface area contributed by atoms with Gasteiger partial charge in [-0.15, -0.1) is 0 Å². The van der Waals surface area contributed by atoms with Crippen molar-refractivity contribution in [2.75, 3.05) is 12.3 Å². The summed E-state index contributed by atoms with van der Waals surface area (Å²) in [5, 5.41) is 9.37. The van der Waals surface area contributed by atoms with Crippen LogP contribution >= 0.6 is 0 Å². The van der Waals surface area contributed by atoms with Crippen molar-refractivity contribution in [1.29, 1.82) is 0 Å². The molecule has 0 fully saturated rings. The first kappa shape index (κ1) is 15.4. The monoisotopic (exact) mass is 310 g/mol. The highest BCUT2D eigenvalue weighted by Gasteiger charge is 2.24. The molecule has 0 radical (unpaired) electrons. The van der Waals surface area contributed by atoms with Gasteiger partial charge in [0.15, 0.2) is 0 Å². The van der Waals surface area contributed by atoms with Crippen LogP contribution in [0.2, 0.25) is 0 Å². The highest BCUT2D eigenvalue weighted by Crippen LogP contribution is 2.21. The number of sulfonamides is 1. The highest BCUT2D eigenvalue weighted by atomic mass is 32.2. The van der Waals surface area contributed by atoms with Crippen LogP contribution in [0.3, 0.4) is 0 Å². The van der Waals surface area contributed by atoms with Gasteiger partial charge in [0, 0.05) is 5.69 Å². The molecule has 0 saturated carbocycles. The lowest BCUT2D eigenvalue weighted by molar-refractivity contribution is 0.258. The molecule has 2 aromatic carbocycles. The SMILES string of the molecule is Nc1ccc(F)c(S(=O)(=O)N[C@@H](CO)c2ccccc2)c1.